The van der Waals surface area contributed by atoms with Gasteiger partial charge in [0.25, 0.3) is 5.91 Å². The minimum Gasteiger partial charge on any atom is -0.383 e. The van der Waals surface area contributed by atoms with Crippen LogP contribution in [0.15, 0.2) is 35.5 Å². The molecule has 0 spiro atoms. The Morgan fingerprint density at radius 1 is 1.26 bits per heavy atom. The molecule has 0 fully saturated rings. The lowest BCUT2D eigenvalue weighted by Gasteiger charge is -2.15. The van der Waals surface area contributed by atoms with Crippen LogP contribution in [0.5, 0.6) is 0 Å². The Kier molecular flexibility index (Phi) is 8.06. The fourth-order valence-electron chi connectivity index (χ4n) is 2.34. The first-order valence-electron chi connectivity index (χ1n) is 8.96. The Bertz CT molecular complexity index is 739. The van der Waals surface area contributed by atoms with E-state index in [1.54, 1.807) is 18.9 Å². The topological polar surface area (TPSA) is 67.3 Å². The van der Waals surface area contributed by atoms with E-state index in [2.05, 4.69) is 29.1 Å². The molecule has 0 saturated carbocycles. The van der Waals surface area contributed by atoms with Crippen LogP contribution in [0, 0.1) is 0 Å². The number of anilines is 1. The summed E-state index contributed by atoms with van der Waals surface area (Å²) in [5.41, 5.74) is 2.74. The number of amides is 1. The van der Waals surface area contributed by atoms with Crippen molar-refractivity contribution in [2.75, 3.05) is 39.3 Å². The average molecular weight is 389 g/mol. The van der Waals surface area contributed by atoms with E-state index < -0.39 is 0 Å². The van der Waals surface area contributed by atoms with E-state index in [4.69, 9.17) is 4.74 Å². The van der Waals surface area contributed by atoms with Gasteiger partial charge in [-0.1, -0.05) is 37.7 Å². The quantitative estimate of drug-likeness (QED) is 0.404. The maximum absolute atomic E-state index is 12.2. The van der Waals surface area contributed by atoms with Crippen molar-refractivity contribution >= 4 is 23.5 Å². The molecule has 0 saturated heterocycles. The summed E-state index contributed by atoms with van der Waals surface area (Å²) in [4.78, 5) is 23.5. The third-order valence-corrected chi connectivity index (χ3v) is 4.83. The predicted octanol–water partition coefficient (Wildman–Crippen LogP) is 3.33. The van der Waals surface area contributed by atoms with E-state index in [0.29, 0.717) is 30.4 Å². The number of ether oxygens (including phenoxy) is 1. The van der Waals surface area contributed by atoms with Crippen molar-refractivity contribution in [1.82, 2.24) is 15.3 Å². The lowest BCUT2D eigenvalue weighted by Crippen LogP contribution is -2.26. The fourth-order valence-corrected chi connectivity index (χ4v) is 3.14. The van der Waals surface area contributed by atoms with Crippen LogP contribution >= 0.6 is 11.8 Å². The van der Waals surface area contributed by atoms with Crippen LogP contribution in [0.2, 0.25) is 0 Å². The summed E-state index contributed by atoms with van der Waals surface area (Å²) in [6, 6.07) is 9.67. The standard InChI is InChI=1S/C20H28N4O2S/c1-14(2)17-12-18(24(3)4)23-20(22-17)27-13-15-7-6-8-16(11-15)19(25)21-9-10-26-5/h6-8,11-12,14H,9-10,13H2,1-5H3,(H,21,25). The summed E-state index contributed by atoms with van der Waals surface area (Å²) in [5, 5.41) is 3.59. The summed E-state index contributed by atoms with van der Waals surface area (Å²) in [7, 11) is 5.57. The Balaban J connectivity index is 2.08. The summed E-state index contributed by atoms with van der Waals surface area (Å²) >= 11 is 1.58. The molecule has 0 atom stereocenters. The molecule has 0 radical (unpaired) electrons. The highest BCUT2D eigenvalue weighted by Crippen LogP contribution is 2.25. The van der Waals surface area contributed by atoms with E-state index in [1.165, 1.54) is 0 Å². The SMILES string of the molecule is COCCNC(=O)c1cccc(CSc2nc(C(C)C)cc(N(C)C)n2)c1. The molecular formula is C20H28N4O2S. The summed E-state index contributed by atoms with van der Waals surface area (Å²) in [6.07, 6.45) is 0. The highest BCUT2D eigenvalue weighted by Gasteiger charge is 2.11. The van der Waals surface area contributed by atoms with Crippen molar-refractivity contribution in [3.8, 4) is 0 Å². The van der Waals surface area contributed by atoms with Gasteiger partial charge in [-0.3, -0.25) is 4.79 Å². The summed E-state index contributed by atoms with van der Waals surface area (Å²) in [5.74, 6) is 1.85. The first-order valence-corrected chi connectivity index (χ1v) is 9.94. The molecule has 27 heavy (non-hydrogen) atoms. The monoisotopic (exact) mass is 388 g/mol. The van der Waals surface area contributed by atoms with Gasteiger partial charge in [-0.15, -0.1) is 0 Å². The van der Waals surface area contributed by atoms with Crippen LogP contribution in [0.4, 0.5) is 5.82 Å². The molecule has 0 aliphatic carbocycles. The molecule has 1 heterocycles. The maximum atomic E-state index is 12.2. The van der Waals surface area contributed by atoms with Crippen molar-refractivity contribution in [1.29, 1.82) is 0 Å². The predicted molar refractivity (Wildman–Crippen MR) is 111 cm³/mol. The molecule has 7 heteroatoms. The van der Waals surface area contributed by atoms with Gasteiger partial charge in [-0.2, -0.15) is 0 Å². The fraction of sp³-hybridized carbons (Fsp3) is 0.450. The molecule has 1 N–H and O–H groups in total. The Hall–Kier alpha value is -2.12. The normalized spacial score (nSPS) is 10.9. The maximum Gasteiger partial charge on any atom is 0.251 e. The van der Waals surface area contributed by atoms with Gasteiger partial charge >= 0.3 is 0 Å². The van der Waals surface area contributed by atoms with E-state index >= 15 is 0 Å². The molecule has 1 aromatic heterocycles. The highest BCUT2D eigenvalue weighted by molar-refractivity contribution is 7.98. The molecule has 2 aromatic rings. The second kappa shape index (κ2) is 10.3. The lowest BCUT2D eigenvalue weighted by molar-refractivity contribution is 0.0937. The lowest BCUT2D eigenvalue weighted by atomic mass is 10.1. The number of thioether (sulfide) groups is 1. The second-order valence-electron chi connectivity index (χ2n) is 6.72. The number of nitrogens with zero attached hydrogens (tertiary/aromatic N) is 3. The largest absolute Gasteiger partial charge is 0.383 e. The van der Waals surface area contributed by atoms with Gasteiger partial charge in [0.15, 0.2) is 5.16 Å². The first-order chi connectivity index (χ1) is 12.9. The number of methoxy groups -OCH3 is 1. The minimum atomic E-state index is -0.0909. The van der Waals surface area contributed by atoms with Crippen LogP contribution < -0.4 is 10.2 Å². The number of hydrogen-bond donors (Lipinski definition) is 1. The van der Waals surface area contributed by atoms with E-state index in [0.717, 1.165) is 22.2 Å². The van der Waals surface area contributed by atoms with Crippen molar-refractivity contribution < 1.29 is 9.53 Å². The van der Waals surface area contributed by atoms with E-state index in [9.17, 15) is 4.79 Å². The van der Waals surface area contributed by atoms with Crippen LogP contribution in [0.3, 0.4) is 0 Å². The number of hydrogen-bond acceptors (Lipinski definition) is 6. The van der Waals surface area contributed by atoms with Gasteiger partial charge in [0.1, 0.15) is 5.82 Å². The van der Waals surface area contributed by atoms with E-state index in [1.807, 2.05) is 49.3 Å². The molecule has 146 valence electrons. The van der Waals surface area contributed by atoms with Gasteiger partial charge in [-0.25, -0.2) is 9.97 Å². The number of benzene rings is 1. The zero-order chi connectivity index (χ0) is 19.8. The van der Waals surface area contributed by atoms with Crippen molar-refractivity contribution in [2.45, 2.75) is 30.7 Å². The third kappa shape index (κ3) is 6.52. The number of rotatable bonds is 9. The first kappa shape index (κ1) is 21.2. The zero-order valence-electron chi connectivity index (χ0n) is 16.7. The molecule has 2 rings (SSSR count). The Morgan fingerprint density at radius 2 is 2.04 bits per heavy atom. The summed E-state index contributed by atoms with van der Waals surface area (Å²) < 4.78 is 4.96. The van der Waals surface area contributed by atoms with Gasteiger partial charge in [0.2, 0.25) is 0 Å². The number of carbonyl (C=O) groups is 1. The Morgan fingerprint density at radius 3 is 2.70 bits per heavy atom. The molecule has 1 aromatic carbocycles. The van der Waals surface area contributed by atoms with Crippen LogP contribution in [0.1, 0.15) is 41.4 Å². The van der Waals surface area contributed by atoms with Crippen molar-refractivity contribution in [2.24, 2.45) is 0 Å². The zero-order valence-corrected chi connectivity index (χ0v) is 17.5. The average Bonchev–Trinajstić information content (AvgIpc) is 2.66. The molecule has 0 bridgehead atoms. The van der Waals surface area contributed by atoms with Crippen LogP contribution in [-0.2, 0) is 10.5 Å². The van der Waals surface area contributed by atoms with E-state index in [-0.39, 0.29) is 5.91 Å². The summed E-state index contributed by atoms with van der Waals surface area (Å²) in [6.45, 7) is 5.25. The minimum absolute atomic E-state index is 0.0909. The van der Waals surface area contributed by atoms with Crippen molar-refractivity contribution in [3.63, 3.8) is 0 Å². The smallest absolute Gasteiger partial charge is 0.251 e. The van der Waals surface area contributed by atoms with Gasteiger partial charge in [0.05, 0.1) is 6.61 Å². The Labute approximate surface area is 165 Å². The van der Waals surface area contributed by atoms with Gasteiger partial charge < -0.3 is 15.0 Å². The van der Waals surface area contributed by atoms with Gasteiger partial charge in [-0.05, 0) is 23.6 Å². The number of nitrogens with one attached hydrogen (secondary N) is 1. The number of carbonyl (C=O) groups excluding carboxylic acids is 1. The van der Waals surface area contributed by atoms with Crippen LogP contribution in [0.25, 0.3) is 0 Å². The third-order valence-electron chi connectivity index (χ3n) is 3.91. The second-order valence-corrected chi connectivity index (χ2v) is 7.66. The van der Waals surface area contributed by atoms with Crippen molar-refractivity contribution in [3.05, 3.63) is 47.2 Å². The van der Waals surface area contributed by atoms with Crippen LogP contribution in [-0.4, -0.2) is 50.2 Å². The van der Waals surface area contributed by atoms with Gasteiger partial charge in [0, 0.05) is 50.8 Å². The molecule has 0 aliphatic heterocycles. The number of aromatic nitrogens is 2. The molecule has 6 nitrogen and oxygen atoms in total. The molecule has 0 aliphatic rings. The highest BCUT2D eigenvalue weighted by atomic mass is 32.2. The molecule has 1 amide bonds. The molecular weight excluding hydrogens is 360 g/mol. The molecule has 0 unspecified atom stereocenters.